The Labute approximate surface area is 860 Å². The van der Waals surface area contributed by atoms with E-state index in [0.29, 0.717) is 12.8 Å². The number of halogens is 5. The predicted molar refractivity (Wildman–Crippen MR) is 507 cm³/mol. The molecule has 1 aromatic rings. The van der Waals surface area contributed by atoms with Gasteiger partial charge in [-0.1, -0.05) is 61.8 Å². The van der Waals surface area contributed by atoms with E-state index in [4.69, 9.17) is 130 Å². The van der Waals surface area contributed by atoms with Crippen molar-refractivity contribution in [1.29, 1.82) is 0 Å². The molecule has 7 aliphatic heterocycles. The number of aliphatic imine (C=N–C) groups is 3. The Morgan fingerprint density at radius 2 is 0.787 bits per heavy atom. The second kappa shape index (κ2) is 58.3. The first kappa shape index (κ1) is 130. The predicted octanol–water partition coefficient (Wildman–Crippen LogP) is 10.3. The van der Waals surface area contributed by atoms with Gasteiger partial charge >= 0.3 is 78.0 Å². The van der Waals surface area contributed by atoms with Gasteiger partial charge in [-0.25, -0.2) is 111 Å². The monoisotopic (exact) mass is 2220 g/mol. The van der Waals surface area contributed by atoms with Gasteiger partial charge < -0.3 is 143 Å². The molecule has 0 aromatic carbocycles. The minimum atomic E-state index is -4.88. The summed E-state index contributed by atoms with van der Waals surface area (Å²) >= 11 is 0. The van der Waals surface area contributed by atoms with Crippen molar-refractivity contribution in [2.24, 2.45) is 49.9 Å². The molecular formula is C87H136F5N12O43P3. The molecule has 1 unspecified atom stereocenters. The molecule has 1 aromatic heterocycles. The van der Waals surface area contributed by atoms with Crippen LogP contribution >= 0.6 is 23.5 Å². The number of alkyl halides is 5. The Morgan fingerprint density at radius 1 is 0.453 bits per heavy atom. The summed E-state index contributed by atoms with van der Waals surface area (Å²) in [5, 5.41) is 42.0. The van der Waals surface area contributed by atoms with E-state index in [1.54, 1.807) is 118 Å². The van der Waals surface area contributed by atoms with Gasteiger partial charge in [0, 0.05) is 37.8 Å². The van der Waals surface area contributed by atoms with Crippen LogP contribution in [0.1, 0.15) is 164 Å². The molecule has 0 radical (unpaired) electrons. The smallest absolute Gasteiger partial charge is 0.462 e. The second-order valence-corrected chi connectivity index (χ2v) is 40.3. The fourth-order valence-electron chi connectivity index (χ4n) is 13.5. The van der Waals surface area contributed by atoms with Crippen molar-refractivity contribution in [3.8, 4) is 0 Å². The SMILES string of the molecule is C.C=C1N=C(N)C=CN1[C@@H]1O[C@@](COP(=O)(OCOC(=O)OC(C)C)OCOC(=O)OC(C)C)(C(C)F)[C@@H](O)[C@H]1F.C=C1N=C(N)C=CN1[C@@H]1O[C@@](COP(=O)(OCOC(=O)OC(C)C)OCOC(=O)OC(C)C)(C2CC2)[C@@H](O)[C@H]1F.C=C1N=C(N)C=CN1[C@@H]1O[C@](CCO)(COP(=O)(OCOC(=O)OC(C)C)OCOC(=O)OC(C)C)[C@@H](O)[C@H]1F.CC[C@]1(COC(=O)C(C)C)O[C@@H](n2ccc(N)nc2=O)[C@H](F)[C@@H]1OC(=O)C(C)C. The number of carbonyl (C=O) groups excluding carboxylic acids is 8. The fraction of sp³-hybridized carbons (Fsp3) is 0.690. The third kappa shape index (κ3) is 37.6. The van der Waals surface area contributed by atoms with Crippen molar-refractivity contribution < 1.29 is 220 Å². The maximum Gasteiger partial charge on any atom is 0.510 e. The van der Waals surface area contributed by atoms with Crippen LogP contribution in [0.3, 0.4) is 0 Å². The highest BCUT2D eigenvalue weighted by Gasteiger charge is 2.66. The van der Waals surface area contributed by atoms with Crippen LogP contribution in [0, 0.1) is 17.8 Å². The van der Waals surface area contributed by atoms with E-state index in [9.17, 15) is 81.7 Å². The van der Waals surface area contributed by atoms with Crippen molar-refractivity contribution in [2.45, 2.75) is 297 Å². The van der Waals surface area contributed by atoms with E-state index in [1.807, 2.05) is 0 Å². The van der Waals surface area contributed by atoms with Gasteiger partial charge in [-0.2, -0.15) is 4.98 Å². The zero-order valence-electron chi connectivity index (χ0n) is 84.9. The lowest BCUT2D eigenvalue weighted by molar-refractivity contribution is -0.182. The number of carbonyl (C=O) groups is 8. The molecular weight excluding hydrogens is 2090 g/mol. The number of aromatic nitrogens is 2. The van der Waals surface area contributed by atoms with Crippen LogP contribution in [-0.4, -0.2) is 318 Å². The van der Waals surface area contributed by atoms with Gasteiger partial charge in [-0.15, -0.1) is 0 Å². The van der Waals surface area contributed by atoms with Crippen molar-refractivity contribution in [3.63, 3.8) is 0 Å². The molecule has 5 fully saturated rings. The third-order valence-corrected chi connectivity index (χ3v) is 24.8. The second-order valence-electron chi connectivity index (χ2n) is 35.3. The average Bonchev–Trinajstić information content (AvgIpc) is 1.58. The largest absolute Gasteiger partial charge is 0.510 e. The lowest BCUT2D eigenvalue weighted by atomic mass is 9.91. The molecule has 63 heteroatoms. The minimum absolute atomic E-state index is 0. The van der Waals surface area contributed by atoms with Gasteiger partial charge in [0.25, 0.3) is 0 Å². The number of hydrogen-bond donors (Lipinski definition) is 8. The molecule has 150 heavy (non-hydrogen) atoms. The fourth-order valence-corrected chi connectivity index (χ4v) is 16.3. The summed E-state index contributed by atoms with van der Waals surface area (Å²) in [6, 6.07) is 1.33. The molecule has 0 amide bonds. The molecule has 852 valence electrons. The Balaban J connectivity index is 0.000000353. The van der Waals surface area contributed by atoms with Crippen molar-refractivity contribution in [1.82, 2.24) is 24.3 Å². The summed E-state index contributed by atoms with van der Waals surface area (Å²) in [6.45, 7) is 29.4. The van der Waals surface area contributed by atoms with Crippen LogP contribution in [0.4, 0.5) is 56.5 Å². The highest BCUT2D eigenvalue weighted by atomic mass is 31.2. The summed E-state index contributed by atoms with van der Waals surface area (Å²) < 4.78 is 253. The van der Waals surface area contributed by atoms with Gasteiger partial charge in [-0.05, 0) is 139 Å². The van der Waals surface area contributed by atoms with E-state index in [0.717, 1.165) is 21.3 Å². The van der Waals surface area contributed by atoms with Crippen LogP contribution in [0.2, 0.25) is 0 Å². The first-order valence-corrected chi connectivity index (χ1v) is 50.4. The summed E-state index contributed by atoms with van der Waals surface area (Å²) in [6.07, 6.45) is -23.2. The third-order valence-electron chi connectivity index (χ3n) is 21.0. The van der Waals surface area contributed by atoms with Gasteiger partial charge in [0.2, 0.25) is 40.8 Å². The van der Waals surface area contributed by atoms with Gasteiger partial charge in [0.05, 0.1) is 68.3 Å². The zero-order chi connectivity index (χ0) is 112. The lowest BCUT2D eigenvalue weighted by Gasteiger charge is -2.35. The first-order valence-electron chi connectivity index (χ1n) is 46.0. The number of phosphoric ester groups is 3. The van der Waals surface area contributed by atoms with Crippen LogP contribution in [0.15, 0.2) is 106 Å². The van der Waals surface area contributed by atoms with Crippen LogP contribution < -0.4 is 28.6 Å². The molecule has 0 spiro atoms. The van der Waals surface area contributed by atoms with Crippen LogP contribution in [0.25, 0.3) is 0 Å². The minimum Gasteiger partial charge on any atom is -0.462 e. The Bertz CT molecular complexity index is 4870. The number of hydrogen-bond acceptors (Lipinski definition) is 54. The average molecular weight is 2230 g/mol. The summed E-state index contributed by atoms with van der Waals surface area (Å²) in [5.74, 6) is -2.06. The number of aliphatic hydroxyl groups excluding tert-OH is 4. The standard InChI is InChI=1S/C23H35FN3O12P.C22H34F2N3O12P.C22H35FN3O13P.C19H28FN3O6.CH4/c1-13(2)37-21(29)32-11-35-40(31,36-12-33-22(30)38-14(3)4)34-10-23(16-6-7-16)19(28)18(24)20(39-23)27-9-8-17(25)26-15(27)5;1-12(2)37-20(29)32-10-35-40(31,36-11-33-21(30)38-13(3)4)34-9-22(14(5)23)18(28)17(24)19(39-22)27-8-7-16(25)26-15(27)6;1-13(2)37-20(29)32-11-35-40(31,36-12-33-21(30)38-14(3)4)34-10-22(7-9-27)18(28)17(23)19(39-22)26-8-6-16(24)25-15(26)5;1-6-19(9-27-16(24)10(2)3)14(28-17(25)11(4)5)13(20)15(29-19)23-8-7-12(21)22-18(23)26;/h8-9,13-14,16,18-20,28H,5-7,10-12H2,1-4H3,(H2,25,26);7-8,12-14,17-19,28H,6,9-11H2,1-5H3,(H2,25,26);6,8,13-14,17-19,27-28H,5,7,9-12H2,1-4H3,(H2,24,25);7-8,10-11,13-15H,6,9H2,1-5H3,(H2,21,22,26);1H4/t18-,19+,20-,23+;14?,17-,18+,19-,22+;17-,18+,19-,22-;13-,14+,15-,19-;/m1111./s1. The highest BCUT2D eigenvalue weighted by molar-refractivity contribution is 7.49. The number of nitrogens with zero attached hydrogens (tertiary/aromatic N) is 8. The number of nitrogen functional groups attached to an aromatic ring is 1. The van der Waals surface area contributed by atoms with E-state index in [2.05, 4.69) is 58.6 Å². The Hall–Kier alpha value is -10.8. The molecule has 1 saturated carbocycles. The van der Waals surface area contributed by atoms with Crippen molar-refractivity contribution in [3.05, 3.63) is 96.8 Å². The van der Waals surface area contributed by atoms with Gasteiger partial charge in [0.15, 0.2) is 61.3 Å². The highest BCUT2D eigenvalue weighted by Crippen LogP contribution is 2.58. The van der Waals surface area contributed by atoms with E-state index in [1.165, 1.54) is 54.0 Å². The Kier molecular flexibility index (Phi) is 50.4. The number of amidine groups is 3. The Morgan fingerprint density at radius 3 is 1.11 bits per heavy atom. The maximum absolute atomic E-state index is 15.4. The normalized spacial score (nSPS) is 25.7. The summed E-state index contributed by atoms with van der Waals surface area (Å²) in [5.41, 5.74) is 13.9. The molecule has 55 nitrogen and oxygen atoms in total. The molecule has 8 aliphatic rings. The molecule has 17 atom stereocenters. The maximum atomic E-state index is 15.4. The van der Waals surface area contributed by atoms with E-state index >= 15 is 17.6 Å². The molecule has 4 saturated heterocycles. The number of ether oxygens (including phenoxy) is 18. The van der Waals surface area contributed by atoms with E-state index in [-0.39, 0.29) is 67.2 Å². The first-order chi connectivity index (χ1) is 69.6. The van der Waals surface area contributed by atoms with Crippen molar-refractivity contribution in [2.75, 3.05) is 79.5 Å². The summed E-state index contributed by atoms with van der Waals surface area (Å²) in [4.78, 5) is 125. The molecule has 9 rings (SSSR count). The molecule has 8 heterocycles. The van der Waals surface area contributed by atoms with Crippen LogP contribution in [-0.2, 0) is 149 Å². The van der Waals surface area contributed by atoms with Crippen molar-refractivity contribution >= 4 is 95.7 Å². The number of aliphatic hydroxyl groups is 4. The quantitative estimate of drug-likeness (QED) is 0.00988. The number of esters is 2. The molecule has 1 aliphatic carbocycles. The molecule has 12 N–H and O–H groups in total. The topological polar surface area (TPSA) is 704 Å². The summed E-state index contributed by atoms with van der Waals surface area (Å²) in [7, 11) is -14.4. The zero-order valence-corrected chi connectivity index (χ0v) is 87.6. The molecule has 0 bridgehead atoms. The number of anilines is 1. The van der Waals surface area contributed by atoms with E-state index < -0.39 is 303 Å². The van der Waals surface area contributed by atoms with Crippen LogP contribution in [0.5, 0.6) is 0 Å². The van der Waals surface area contributed by atoms with Gasteiger partial charge in [0.1, 0.15) is 88.7 Å². The number of nitrogens with two attached hydrogens (primary N) is 4. The number of rotatable bonds is 47. The van der Waals surface area contributed by atoms with Gasteiger partial charge in [-0.3, -0.25) is 27.7 Å². The number of phosphoric acid groups is 3. The lowest BCUT2D eigenvalue weighted by Crippen LogP contribution is -2.52.